The third-order valence-corrected chi connectivity index (χ3v) is 3.88. The minimum absolute atomic E-state index is 0.0690. The number of aryl methyl sites for hydroxylation is 2. The van der Waals surface area contributed by atoms with Crippen LogP contribution in [0.25, 0.3) is 0 Å². The first-order valence-corrected chi connectivity index (χ1v) is 9.47. The largest absolute Gasteiger partial charge is 0.357 e. The summed E-state index contributed by atoms with van der Waals surface area (Å²) < 4.78 is 0. The molecule has 0 spiro atoms. The molecule has 2 rings (SSSR count). The Morgan fingerprint density at radius 2 is 1.89 bits per heavy atom. The molecule has 0 fully saturated rings. The molecule has 0 unspecified atom stereocenters. The van der Waals surface area contributed by atoms with E-state index >= 15 is 0 Å². The number of nitrogens with one attached hydrogen (secondary N) is 3. The fourth-order valence-electron chi connectivity index (χ4n) is 2.57. The van der Waals surface area contributed by atoms with Gasteiger partial charge < -0.3 is 16.0 Å². The van der Waals surface area contributed by atoms with E-state index in [9.17, 15) is 4.79 Å². The first-order chi connectivity index (χ1) is 13.2. The number of carbonyl (C=O) groups excluding carboxylic acids is 1. The van der Waals surface area contributed by atoms with E-state index in [1.54, 1.807) is 6.07 Å². The number of hydrogen-bond acceptors (Lipinski definition) is 3. The molecule has 6 heteroatoms. The molecule has 27 heavy (non-hydrogen) atoms. The van der Waals surface area contributed by atoms with Crippen LogP contribution in [0.15, 0.2) is 53.5 Å². The quantitative estimate of drug-likeness (QED) is 0.362. The second-order valence-electron chi connectivity index (χ2n) is 6.24. The number of aromatic nitrogens is 1. The fraction of sp³-hybridized carbons (Fsp3) is 0.381. The molecule has 0 saturated heterocycles. The second-order valence-corrected chi connectivity index (χ2v) is 6.24. The number of benzene rings is 1. The highest BCUT2D eigenvalue weighted by Gasteiger charge is 2.04. The SMILES string of the molecule is CCNC(=NCCCc1ccccc1)NCCC(=O)Nc1cccc(C)n1. The van der Waals surface area contributed by atoms with Crippen LogP contribution >= 0.6 is 0 Å². The maximum absolute atomic E-state index is 12.0. The number of pyridine rings is 1. The van der Waals surface area contributed by atoms with E-state index in [1.165, 1.54) is 5.56 Å². The molecule has 0 aliphatic carbocycles. The molecule has 0 radical (unpaired) electrons. The van der Waals surface area contributed by atoms with Gasteiger partial charge in [-0.05, 0) is 44.4 Å². The maximum atomic E-state index is 12.0. The number of aliphatic imine (C=N–C) groups is 1. The molecule has 144 valence electrons. The van der Waals surface area contributed by atoms with E-state index in [2.05, 4.69) is 50.2 Å². The predicted molar refractivity (Wildman–Crippen MR) is 111 cm³/mol. The Labute approximate surface area is 161 Å². The van der Waals surface area contributed by atoms with Gasteiger partial charge in [-0.3, -0.25) is 9.79 Å². The third kappa shape index (κ3) is 8.35. The highest BCUT2D eigenvalue weighted by molar-refractivity contribution is 5.90. The lowest BCUT2D eigenvalue weighted by Crippen LogP contribution is -2.38. The summed E-state index contributed by atoms with van der Waals surface area (Å²) in [4.78, 5) is 20.9. The Kier molecular flexibility index (Phi) is 8.83. The molecule has 0 saturated carbocycles. The van der Waals surface area contributed by atoms with Crippen molar-refractivity contribution >= 4 is 17.7 Å². The van der Waals surface area contributed by atoms with Gasteiger partial charge in [-0.15, -0.1) is 0 Å². The zero-order valence-electron chi connectivity index (χ0n) is 16.2. The molecule has 2 aromatic rings. The minimum atomic E-state index is -0.0690. The third-order valence-electron chi connectivity index (χ3n) is 3.88. The summed E-state index contributed by atoms with van der Waals surface area (Å²) in [6, 6.07) is 16.0. The molecule has 1 heterocycles. The van der Waals surface area contributed by atoms with Crippen molar-refractivity contribution in [3.8, 4) is 0 Å². The zero-order chi connectivity index (χ0) is 19.3. The van der Waals surface area contributed by atoms with Crippen LogP contribution in [-0.2, 0) is 11.2 Å². The number of nitrogens with zero attached hydrogens (tertiary/aromatic N) is 2. The van der Waals surface area contributed by atoms with Gasteiger partial charge in [0.1, 0.15) is 5.82 Å². The summed E-state index contributed by atoms with van der Waals surface area (Å²) in [5.41, 5.74) is 2.20. The van der Waals surface area contributed by atoms with Crippen molar-refractivity contribution in [1.29, 1.82) is 0 Å². The van der Waals surface area contributed by atoms with Gasteiger partial charge in [0, 0.05) is 31.7 Å². The normalized spacial score (nSPS) is 11.1. The van der Waals surface area contributed by atoms with Gasteiger partial charge in [-0.25, -0.2) is 4.98 Å². The monoisotopic (exact) mass is 367 g/mol. The Balaban J connectivity index is 1.70. The molecule has 0 bridgehead atoms. The van der Waals surface area contributed by atoms with Gasteiger partial charge in [0.25, 0.3) is 0 Å². The molecule has 1 amide bonds. The van der Waals surface area contributed by atoms with Crippen molar-refractivity contribution in [1.82, 2.24) is 15.6 Å². The molecule has 0 atom stereocenters. The van der Waals surface area contributed by atoms with Crippen molar-refractivity contribution in [3.05, 3.63) is 59.8 Å². The Morgan fingerprint density at radius 1 is 1.07 bits per heavy atom. The highest BCUT2D eigenvalue weighted by Crippen LogP contribution is 2.04. The maximum Gasteiger partial charge on any atom is 0.227 e. The number of rotatable bonds is 9. The number of amides is 1. The average molecular weight is 367 g/mol. The fourth-order valence-corrected chi connectivity index (χ4v) is 2.57. The molecule has 3 N–H and O–H groups in total. The lowest BCUT2D eigenvalue weighted by atomic mass is 10.1. The van der Waals surface area contributed by atoms with E-state index in [0.717, 1.165) is 37.6 Å². The van der Waals surface area contributed by atoms with Crippen molar-refractivity contribution in [2.45, 2.75) is 33.1 Å². The van der Waals surface area contributed by atoms with Crippen LogP contribution in [0.1, 0.15) is 31.0 Å². The van der Waals surface area contributed by atoms with Gasteiger partial charge in [0.2, 0.25) is 5.91 Å². The average Bonchev–Trinajstić information content (AvgIpc) is 2.66. The summed E-state index contributed by atoms with van der Waals surface area (Å²) in [7, 11) is 0. The number of carbonyl (C=O) groups is 1. The van der Waals surface area contributed by atoms with Crippen LogP contribution in [0.5, 0.6) is 0 Å². The minimum Gasteiger partial charge on any atom is -0.357 e. The number of anilines is 1. The van der Waals surface area contributed by atoms with Crippen LogP contribution < -0.4 is 16.0 Å². The van der Waals surface area contributed by atoms with E-state index in [4.69, 9.17) is 0 Å². The van der Waals surface area contributed by atoms with Crippen molar-refractivity contribution < 1.29 is 4.79 Å². The highest BCUT2D eigenvalue weighted by atomic mass is 16.1. The van der Waals surface area contributed by atoms with Gasteiger partial charge in [-0.1, -0.05) is 36.4 Å². The second kappa shape index (κ2) is 11.7. The number of hydrogen-bond donors (Lipinski definition) is 3. The summed E-state index contributed by atoms with van der Waals surface area (Å²) >= 11 is 0. The molecule has 0 aliphatic heterocycles. The smallest absolute Gasteiger partial charge is 0.227 e. The van der Waals surface area contributed by atoms with E-state index in [-0.39, 0.29) is 5.91 Å². The molecule has 1 aromatic carbocycles. The van der Waals surface area contributed by atoms with Crippen molar-refractivity contribution in [2.24, 2.45) is 4.99 Å². The lowest BCUT2D eigenvalue weighted by molar-refractivity contribution is -0.116. The van der Waals surface area contributed by atoms with Crippen LogP contribution in [0, 0.1) is 6.92 Å². The Hall–Kier alpha value is -2.89. The van der Waals surface area contributed by atoms with Gasteiger partial charge in [-0.2, -0.15) is 0 Å². The summed E-state index contributed by atoms with van der Waals surface area (Å²) in [6.45, 7) is 5.96. The predicted octanol–water partition coefficient (Wildman–Crippen LogP) is 2.91. The molecule has 6 nitrogen and oxygen atoms in total. The van der Waals surface area contributed by atoms with Crippen molar-refractivity contribution in [3.63, 3.8) is 0 Å². The molecule has 1 aromatic heterocycles. The van der Waals surface area contributed by atoms with E-state index in [0.29, 0.717) is 18.8 Å². The summed E-state index contributed by atoms with van der Waals surface area (Å²) in [5.74, 6) is 1.26. The van der Waals surface area contributed by atoms with Gasteiger partial charge in [0.15, 0.2) is 5.96 Å². The molecular weight excluding hydrogens is 338 g/mol. The van der Waals surface area contributed by atoms with Gasteiger partial charge in [0.05, 0.1) is 0 Å². The van der Waals surface area contributed by atoms with E-state index in [1.807, 2.05) is 32.0 Å². The standard InChI is InChI=1S/C21H29N5O/c1-3-22-21(23-15-8-12-18-10-5-4-6-11-18)24-16-14-20(27)26-19-13-7-9-17(2)25-19/h4-7,9-11,13H,3,8,12,14-16H2,1-2H3,(H2,22,23,24)(H,25,26,27). The van der Waals surface area contributed by atoms with Crippen molar-refractivity contribution in [2.75, 3.05) is 25.0 Å². The molecule has 0 aliphatic rings. The van der Waals surface area contributed by atoms with Crippen LogP contribution in [0.2, 0.25) is 0 Å². The van der Waals surface area contributed by atoms with Crippen LogP contribution in [-0.4, -0.2) is 36.5 Å². The Morgan fingerprint density at radius 3 is 2.63 bits per heavy atom. The zero-order valence-corrected chi connectivity index (χ0v) is 16.2. The summed E-state index contributed by atoms with van der Waals surface area (Å²) in [6.07, 6.45) is 2.35. The first-order valence-electron chi connectivity index (χ1n) is 9.47. The number of guanidine groups is 1. The van der Waals surface area contributed by atoms with Crippen LogP contribution in [0.3, 0.4) is 0 Å². The van der Waals surface area contributed by atoms with E-state index < -0.39 is 0 Å². The van der Waals surface area contributed by atoms with Gasteiger partial charge >= 0.3 is 0 Å². The Bertz CT molecular complexity index is 730. The lowest BCUT2D eigenvalue weighted by Gasteiger charge is -2.11. The summed E-state index contributed by atoms with van der Waals surface area (Å²) in [5, 5.41) is 9.22. The topological polar surface area (TPSA) is 78.4 Å². The first kappa shape index (κ1) is 20.4. The molecular formula is C21H29N5O. The van der Waals surface area contributed by atoms with Crippen LogP contribution in [0.4, 0.5) is 5.82 Å².